The lowest BCUT2D eigenvalue weighted by Crippen LogP contribution is -2.35. The summed E-state index contributed by atoms with van der Waals surface area (Å²) in [5, 5.41) is 5.00. The molecule has 78 valence electrons. The Labute approximate surface area is 83.7 Å². The Morgan fingerprint density at radius 2 is 1.93 bits per heavy atom. The Morgan fingerprint density at radius 3 is 2.36 bits per heavy atom. The van der Waals surface area contributed by atoms with Gasteiger partial charge in [-0.25, -0.2) is 5.14 Å². The van der Waals surface area contributed by atoms with Gasteiger partial charge in [-0.05, 0) is 24.6 Å². The summed E-state index contributed by atoms with van der Waals surface area (Å²) in [6, 6.07) is 3.23. The van der Waals surface area contributed by atoms with Gasteiger partial charge in [0.05, 0.1) is 0 Å². The van der Waals surface area contributed by atoms with E-state index in [9.17, 15) is 8.42 Å². The minimum atomic E-state index is -3.64. The standard InChI is InChI=1S/C8H13N3O2S/c1-7(11(2)14(9,12)13)8-3-5-10-6-4-8/h3-7H,1-2H3,(H2,9,12,13). The van der Waals surface area contributed by atoms with Crippen molar-refractivity contribution in [2.75, 3.05) is 7.05 Å². The molecule has 6 heteroatoms. The van der Waals surface area contributed by atoms with Crippen LogP contribution < -0.4 is 5.14 Å². The summed E-state index contributed by atoms with van der Waals surface area (Å²) < 4.78 is 23.2. The summed E-state index contributed by atoms with van der Waals surface area (Å²) in [5.41, 5.74) is 0.858. The van der Waals surface area contributed by atoms with Crippen LogP contribution in [-0.2, 0) is 10.2 Å². The molecule has 1 atom stereocenters. The third-order valence-electron chi connectivity index (χ3n) is 2.14. The fourth-order valence-electron chi connectivity index (χ4n) is 1.07. The molecule has 2 N–H and O–H groups in total. The van der Waals surface area contributed by atoms with Crippen LogP contribution in [0.4, 0.5) is 0 Å². The zero-order valence-corrected chi connectivity index (χ0v) is 8.90. The van der Waals surface area contributed by atoms with E-state index in [2.05, 4.69) is 4.98 Å². The zero-order chi connectivity index (χ0) is 10.8. The molecule has 14 heavy (non-hydrogen) atoms. The molecule has 0 saturated heterocycles. The quantitative estimate of drug-likeness (QED) is 0.786. The number of nitrogens with zero attached hydrogens (tertiary/aromatic N) is 2. The lowest BCUT2D eigenvalue weighted by Gasteiger charge is -2.21. The van der Waals surface area contributed by atoms with Crippen molar-refractivity contribution in [3.05, 3.63) is 30.1 Å². The number of aromatic nitrogens is 1. The third-order valence-corrected chi connectivity index (χ3v) is 3.25. The van der Waals surface area contributed by atoms with E-state index in [4.69, 9.17) is 5.14 Å². The highest BCUT2D eigenvalue weighted by Gasteiger charge is 2.19. The highest BCUT2D eigenvalue weighted by Crippen LogP contribution is 2.18. The number of hydrogen-bond acceptors (Lipinski definition) is 3. The average Bonchev–Trinajstić information content (AvgIpc) is 2.15. The summed E-state index contributed by atoms with van der Waals surface area (Å²) in [6.07, 6.45) is 3.23. The van der Waals surface area contributed by atoms with Crippen LogP contribution in [0.2, 0.25) is 0 Å². The molecule has 0 aromatic carbocycles. The Bertz CT molecular complexity index is 390. The second-order valence-corrected chi connectivity index (χ2v) is 4.62. The molecule has 1 heterocycles. The van der Waals surface area contributed by atoms with Gasteiger partial charge in [-0.1, -0.05) is 0 Å². The summed E-state index contributed by atoms with van der Waals surface area (Å²) >= 11 is 0. The van der Waals surface area contributed by atoms with E-state index in [-0.39, 0.29) is 6.04 Å². The van der Waals surface area contributed by atoms with Gasteiger partial charge in [-0.2, -0.15) is 12.7 Å². The summed E-state index contributed by atoms with van der Waals surface area (Å²) in [7, 11) is -2.19. The summed E-state index contributed by atoms with van der Waals surface area (Å²) in [5.74, 6) is 0. The topological polar surface area (TPSA) is 76.3 Å². The molecule has 1 unspecified atom stereocenters. The largest absolute Gasteiger partial charge is 0.277 e. The third kappa shape index (κ3) is 2.50. The van der Waals surface area contributed by atoms with Gasteiger partial charge < -0.3 is 0 Å². The molecular weight excluding hydrogens is 202 g/mol. The first kappa shape index (κ1) is 11.1. The molecule has 1 aromatic heterocycles. The molecule has 0 aliphatic rings. The van der Waals surface area contributed by atoms with Crippen molar-refractivity contribution in [2.45, 2.75) is 13.0 Å². The number of rotatable bonds is 3. The Kier molecular flexibility index (Phi) is 3.20. The van der Waals surface area contributed by atoms with Gasteiger partial charge >= 0.3 is 0 Å². The van der Waals surface area contributed by atoms with Crippen LogP contribution in [0.5, 0.6) is 0 Å². The number of hydrogen-bond donors (Lipinski definition) is 1. The van der Waals surface area contributed by atoms with Crippen molar-refractivity contribution in [3.63, 3.8) is 0 Å². The molecule has 0 aliphatic carbocycles. The van der Waals surface area contributed by atoms with E-state index < -0.39 is 10.2 Å². The van der Waals surface area contributed by atoms with E-state index in [0.717, 1.165) is 9.87 Å². The highest BCUT2D eigenvalue weighted by atomic mass is 32.2. The van der Waals surface area contributed by atoms with Gasteiger partial charge in [0.25, 0.3) is 10.2 Å². The van der Waals surface area contributed by atoms with Crippen molar-refractivity contribution >= 4 is 10.2 Å². The lowest BCUT2D eigenvalue weighted by molar-refractivity contribution is 0.399. The SMILES string of the molecule is CC(c1ccncc1)N(C)S(N)(=O)=O. The van der Waals surface area contributed by atoms with Crippen LogP contribution in [0, 0.1) is 0 Å². The molecule has 0 amide bonds. The van der Waals surface area contributed by atoms with Crippen LogP contribution in [0.25, 0.3) is 0 Å². The van der Waals surface area contributed by atoms with E-state index in [1.165, 1.54) is 7.05 Å². The number of pyridine rings is 1. The van der Waals surface area contributed by atoms with Crippen LogP contribution in [0.1, 0.15) is 18.5 Å². The molecule has 5 nitrogen and oxygen atoms in total. The second kappa shape index (κ2) is 4.04. The van der Waals surface area contributed by atoms with E-state index >= 15 is 0 Å². The van der Waals surface area contributed by atoms with Crippen LogP contribution in [0.3, 0.4) is 0 Å². The smallest absolute Gasteiger partial charge is 0.265 e. The predicted octanol–water partition coefficient (Wildman–Crippen LogP) is 0.278. The monoisotopic (exact) mass is 215 g/mol. The van der Waals surface area contributed by atoms with Crippen LogP contribution in [0.15, 0.2) is 24.5 Å². The lowest BCUT2D eigenvalue weighted by atomic mass is 10.1. The maximum absolute atomic E-state index is 11.0. The van der Waals surface area contributed by atoms with Crippen molar-refractivity contribution in [1.82, 2.24) is 9.29 Å². The molecular formula is C8H13N3O2S. The summed E-state index contributed by atoms with van der Waals surface area (Å²) in [6.45, 7) is 1.76. The van der Waals surface area contributed by atoms with Gasteiger partial charge in [-0.15, -0.1) is 0 Å². The van der Waals surface area contributed by atoms with E-state index in [1.54, 1.807) is 31.5 Å². The first-order chi connectivity index (χ1) is 6.43. The molecule has 0 fully saturated rings. The maximum Gasteiger partial charge on any atom is 0.277 e. The normalized spacial score (nSPS) is 14.3. The minimum Gasteiger partial charge on any atom is -0.265 e. The van der Waals surface area contributed by atoms with Gasteiger partial charge in [-0.3, -0.25) is 4.98 Å². The van der Waals surface area contributed by atoms with E-state index in [1.807, 2.05) is 0 Å². The molecule has 0 radical (unpaired) electrons. The Balaban J connectivity index is 2.92. The van der Waals surface area contributed by atoms with Crippen molar-refractivity contribution in [3.8, 4) is 0 Å². The molecule has 0 saturated carbocycles. The van der Waals surface area contributed by atoms with Gasteiger partial charge in [0.15, 0.2) is 0 Å². The van der Waals surface area contributed by atoms with Gasteiger partial charge in [0.2, 0.25) is 0 Å². The fourth-order valence-corrected chi connectivity index (χ4v) is 1.63. The molecule has 0 bridgehead atoms. The van der Waals surface area contributed by atoms with Crippen LogP contribution in [-0.4, -0.2) is 24.8 Å². The highest BCUT2D eigenvalue weighted by molar-refractivity contribution is 7.86. The Hall–Kier alpha value is -0.980. The van der Waals surface area contributed by atoms with Crippen LogP contribution >= 0.6 is 0 Å². The first-order valence-corrected chi connectivity index (χ1v) is 5.59. The molecule has 1 aromatic rings. The minimum absolute atomic E-state index is 0.284. The summed E-state index contributed by atoms with van der Waals surface area (Å²) in [4.78, 5) is 3.85. The molecule has 1 rings (SSSR count). The van der Waals surface area contributed by atoms with Crippen molar-refractivity contribution in [1.29, 1.82) is 0 Å². The zero-order valence-electron chi connectivity index (χ0n) is 8.08. The Morgan fingerprint density at radius 1 is 1.43 bits per heavy atom. The average molecular weight is 215 g/mol. The number of nitrogens with two attached hydrogens (primary N) is 1. The molecule has 0 aliphatic heterocycles. The fraction of sp³-hybridized carbons (Fsp3) is 0.375. The van der Waals surface area contributed by atoms with Crippen molar-refractivity contribution in [2.24, 2.45) is 5.14 Å². The second-order valence-electron chi connectivity index (χ2n) is 3.02. The van der Waals surface area contributed by atoms with Gasteiger partial charge in [0, 0.05) is 25.5 Å². The predicted molar refractivity (Wildman–Crippen MR) is 53.5 cm³/mol. The van der Waals surface area contributed by atoms with E-state index in [0.29, 0.717) is 0 Å². The molecule has 0 spiro atoms. The van der Waals surface area contributed by atoms with Gasteiger partial charge in [0.1, 0.15) is 0 Å². The van der Waals surface area contributed by atoms with Crippen molar-refractivity contribution < 1.29 is 8.42 Å². The maximum atomic E-state index is 11.0. The first-order valence-electron chi connectivity index (χ1n) is 4.08.